The largest absolute Gasteiger partial charge is 0.298 e. The summed E-state index contributed by atoms with van der Waals surface area (Å²) < 4.78 is 0. The average molecular weight is 141 g/mol. The number of carbonyl (C=O) groups excluding carboxylic acids is 1. The number of nitrogens with zero attached hydrogens (tertiary/aromatic N) is 1. The molecule has 1 aliphatic heterocycles. The third-order valence-corrected chi connectivity index (χ3v) is 2.22. The molecule has 0 N–H and O–H groups in total. The first-order valence-corrected chi connectivity index (χ1v) is 3.66. The van der Waals surface area contributed by atoms with Gasteiger partial charge in [-0.15, -0.1) is 0 Å². The van der Waals surface area contributed by atoms with E-state index in [0.717, 1.165) is 6.54 Å². The molecule has 0 aliphatic carbocycles. The molecule has 0 radical (unpaired) electrons. The summed E-state index contributed by atoms with van der Waals surface area (Å²) >= 11 is 0. The van der Waals surface area contributed by atoms with Gasteiger partial charge in [-0.25, -0.2) is 0 Å². The molecule has 1 saturated heterocycles. The summed E-state index contributed by atoms with van der Waals surface area (Å²) in [5, 5.41) is 0. The van der Waals surface area contributed by atoms with E-state index in [4.69, 9.17) is 0 Å². The van der Waals surface area contributed by atoms with Gasteiger partial charge >= 0.3 is 0 Å². The van der Waals surface area contributed by atoms with E-state index >= 15 is 0 Å². The Balaban J connectivity index is 2.66. The van der Waals surface area contributed by atoms with Gasteiger partial charge in [0.1, 0.15) is 5.78 Å². The quantitative estimate of drug-likeness (QED) is 0.541. The van der Waals surface area contributed by atoms with Crippen LogP contribution in [0, 0.1) is 5.41 Å². The van der Waals surface area contributed by atoms with E-state index in [0.29, 0.717) is 5.78 Å². The van der Waals surface area contributed by atoms with Crippen LogP contribution in [0.3, 0.4) is 0 Å². The van der Waals surface area contributed by atoms with Gasteiger partial charge in [0.05, 0.1) is 6.04 Å². The number of Topliss-reactive ketones (excluding diaryl/α,β-unsaturated/α-hetero) is 1. The molecule has 2 nitrogen and oxygen atoms in total. The zero-order valence-corrected chi connectivity index (χ0v) is 7.14. The molecule has 0 amide bonds. The van der Waals surface area contributed by atoms with E-state index in [-0.39, 0.29) is 11.5 Å². The first-order valence-electron chi connectivity index (χ1n) is 3.66. The predicted molar refractivity (Wildman–Crippen MR) is 40.9 cm³/mol. The van der Waals surface area contributed by atoms with Crippen LogP contribution in [0.25, 0.3) is 0 Å². The minimum Gasteiger partial charge on any atom is -0.298 e. The summed E-state index contributed by atoms with van der Waals surface area (Å²) in [6.07, 6.45) is 0. The topological polar surface area (TPSA) is 20.3 Å². The van der Waals surface area contributed by atoms with E-state index in [1.165, 1.54) is 0 Å². The molecule has 1 aliphatic rings. The molecule has 1 atom stereocenters. The summed E-state index contributed by atoms with van der Waals surface area (Å²) in [6, 6.07) is 0.160. The van der Waals surface area contributed by atoms with Crippen LogP contribution in [0.15, 0.2) is 0 Å². The van der Waals surface area contributed by atoms with Crippen molar-refractivity contribution in [3.05, 3.63) is 0 Å². The smallest absolute Gasteiger partial charge is 0.147 e. The maximum atomic E-state index is 11.0. The van der Waals surface area contributed by atoms with Gasteiger partial charge in [0.2, 0.25) is 0 Å². The van der Waals surface area contributed by atoms with Crippen molar-refractivity contribution in [2.45, 2.75) is 26.8 Å². The summed E-state index contributed by atoms with van der Waals surface area (Å²) in [7, 11) is 2.00. The lowest BCUT2D eigenvalue weighted by Crippen LogP contribution is -2.62. The number of ketones is 1. The van der Waals surface area contributed by atoms with Gasteiger partial charge in [-0.1, -0.05) is 13.8 Å². The second-order valence-electron chi connectivity index (χ2n) is 3.92. The molecule has 0 bridgehead atoms. The van der Waals surface area contributed by atoms with Crippen molar-refractivity contribution >= 4 is 5.78 Å². The van der Waals surface area contributed by atoms with Crippen LogP contribution in [0.1, 0.15) is 20.8 Å². The van der Waals surface area contributed by atoms with Gasteiger partial charge in [-0.3, -0.25) is 9.69 Å². The summed E-state index contributed by atoms with van der Waals surface area (Å²) in [6.45, 7) is 6.98. The normalized spacial score (nSPS) is 31.4. The van der Waals surface area contributed by atoms with Crippen molar-refractivity contribution in [2.24, 2.45) is 5.41 Å². The van der Waals surface area contributed by atoms with E-state index in [2.05, 4.69) is 18.7 Å². The molecule has 1 fully saturated rings. The monoisotopic (exact) mass is 141 g/mol. The van der Waals surface area contributed by atoms with Crippen LogP contribution in [-0.2, 0) is 4.79 Å². The Morgan fingerprint density at radius 3 is 2.20 bits per heavy atom. The van der Waals surface area contributed by atoms with Crippen molar-refractivity contribution in [2.75, 3.05) is 13.6 Å². The zero-order chi connectivity index (χ0) is 7.94. The second kappa shape index (κ2) is 2.06. The molecule has 58 valence electrons. The molecular formula is C8H15NO. The van der Waals surface area contributed by atoms with E-state index in [1.54, 1.807) is 6.92 Å². The molecule has 1 rings (SSSR count). The third-order valence-electron chi connectivity index (χ3n) is 2.22. The third kappa shape index (κ3) is 0.966. The highest BCUT2D eigenvalue weighted by molar-refractivity contribution is 5.83. The van der Waals surface area contributed by atoms with Gasteiger partial charge in [0.25, 0.3) is 0 Å². The fourth-order valence-corrected chi connectivity index (χ4v) is 2.17. The highest BCUT2D eigenvalue weighted by Crippen LogP contribution is 2.35. The van der Waals surface area contributed by atoms with Crippen LogP contribution in [0.2, 0.25) is 0 Å². The Bertz CT molecular complexity index is 163. The molecule has 0 aromatic carbocycles. The van der Waals surface area contributed by atoms with Crippen molar-refractivity contribution in [1.82, 2.24) is 4.90 Å². The Morgan fingerprint density at radius 2 is 2.10 bits per heavy atom. The van der Waals surface area contributed by atoms with Crippen LogP contribution < -0.4 is 0 Å². The molecule has 0 aromatic rings. The number of likely N-dealkylation sites (N-methyl/N-ethyl adjacent to an activating group) is 1. The highest BCUT2D eigenvalue weighted by Gasteiger charge is 2.45. The standard InChI is InChI=1S/C8H15NO/c1-6(10)7-8(2,3)5-9(7)4/h7H,5H2,1-4H3/t7-/m1/s1. The van der Waals surface area contributed by atoms with Crippen LogP contribution in [0.4, 0.5) is 0 Å². The molecule has 10 heavy (non-hydrogen) atoms. The van der Waals surface area contributed by atoms with Gasteiger partial charge in [-0.05, 0) is 14.0 Å². The summed E-state index contributed by atoms with van der Waals surface area (Å²) in [5.74, 6) is 0.291. The lowest BCUT2D eigenvalue weighted by Gasteiger charge is -2.51. The maximum Gasteiger partial charge on any atom is 0.147 e. The Hall–Kier alpha value is -0.370. The van der Waals surface area contributed by atoms with Gasteiger partial charge in [0.15, 0.2) is 0 Å². The second-order valence-corrected chi connectivity index (χ2v) is 3.92. The number of rotatable bonds is 1. The average Bonchev–Trinajstić information content (AvgIpc) is 1.58. The lowest BCUT2D eigenvalue weighted by molar-refractivity contribution is -0.136. The van der Waals surface area contributed by atoms with Crippen molar-refractivity contribution < 1.29 is 4.79 Å². The predicted octanol–water partition coefficient (Wildman–Crippen LogP) is 0.916. The first-order chi connectivity index (χ1) is 4.45. The molecule has 1 heterocycles. The summed E-state index contributed by atoms with van der Waals surface area (Å²) in [4.78, 5) is 13.1. The SMILES string of the molecule is CC(=O)[C@H]1N(C)CC1(C)C. The van der Waals surface area contributed by atoms with Crippen LogP contribution in [-0.4, -0.2) is 30.3 Å². The molecule has 0 aromatic heterocycles. The highest BCUT2D eigenvalue weighted by atomic mass is 16.1. The first kappa shape index (κ1) is 7.73. The fourth-order valence-electron chi connectivity index (χ4n) is 2.17. The number of hydrogen-bond acceptors (Lipinski definition) is 2. The Kier molecular flexibility index (Phi) is 1.59. The minimum atomic E-state index is 0.160. The van der Waals surface area contributed by atoms with Gasteiger partial charge in [-0.2, -0.15) is 0 Å². The number of likely N-dealkylation sites (tertiary alicyclic amines) is 1. The van der Waals surface area contributed by atoms with E-state index in [1.807, 2.05) is 7.05 Å². The Labute approximate surface area is 62.2 Å². The fraction of sp³-hybridized carbons (Fsp3) is 0.875. The molecule has 0 unspecified atom stereocenters. The van der Waals surface area contributed by atoms with Crippen molar-refractivity contribution in [3.8, 4) is 0 Å². The van der Waals surface area contributed by atoms with E-state index < -0.39 is 0 Å². The van der Waals surface area contributed by atoms with Gasteiger partial charge < -0.3 is 0 Å². The van der Waals surface area contributed by atoms with Crippen molar-refractivity contribution in [1.29, 1.82) is 0 Å². The van der Waals surface area contributed by atoms with Crippen molar-refractivity contribution in [3.63, 3.8) is 0 Å². The zero-order valence-electron chi connectivity index (χ0n) is 7.14. The maximum absolute atomic E-state index is 11.0. The molecule has 0 saturated carbocycles. The van der Waals surface area contributed by atoms with Gasteiger partial charge in [0, 0.05) is 12.0 Å². The van der Waals surface area contributed by atoms with E-state index in [9.17, 15) is 4.79 Å². The minimum absolute atomic E-state index is 0.160. The molecule has 0 spiro atoms. The number of hydrogen-bond donors (Lipinski definition) is 0. The Morgan fingerprint density at radius 1 is 1.60 bits per heavy atom. The molecule has 2 heteroatoms. The molecular weight excluding hydrogens is 126 g/mol. The number of carbonyl (C=O) groups is 1. The van der Waals surface area contributed by atoms with Crippen LogP contribution >= 0.6 is 0 Å². The van der Waals surface area contributed by atoms with Crippen LogP contribution in [0.5, 0.6) is 0 Å². The lowest BCUT2D eigenvalue weighted by atomic mass is 9.74. The summed E-state index contributed by atoms with van der Waals surface area (Å²) in [5.41, 5.74) is 0.209.